The normalized spacial score (nSPS) is 21.1. The molecule has 1 aliphatic heterocycles. The van der Waals surface area contributed by atoms with E-state index >= 15 is 0 Å². The molecule has 0 aromatic carbocycles. The first kappa shape index (κ1) is 19.8. The van der Waals surface area contributed by atoms with Crippen LogP contribution in [0, 0.1) is 0 Å². The molecule has 2 rings (SSSR count). The Balaban J connectivity index is 2.30. The number of aromatic nitrogens is 2. The van der Waals surface area contributed by atoms with Crippen molar-refractivity contribution in [2.24, 2.45) is 0 Å². The topological polar surface area (TPSA) is 120 Å². The number of ether oxygens (including phenoxy) is 3. The molecule has 0 bridgehead atoms. The van der Waals surface area contributed by atoms with Gasteiger partial charge in [-0.2, -0.15) is 4.31 Å². The Hall–Kier alpha value is -1.53. The molecule has 10 nitrogen and oxygen atoms in total. The van der Waals surface area contributed by atoms with Gasteiger partial charge in [0.2, 0.25) is 10.0 Å². The van der Waals surface area contributed by atoms with Crippen molar-refractivity contribution in [3.8, 4) is 0 Å². The van der Waals surface area contributed by atoms with Crippen molar-refractivity contribution in [2.75, 3.05) is 40.2 Å². The molecule has 11 heteroatoms. The van der Waals surface area contributed by atoms with Crippen LogP contribution in [0.5, 0.6) is 0 Å². The maximum absolute atomic E-state index is 12.0. The minimum absolute atomic E-state index is 0.0787. The van der Waals surface area contributed by atoms with Crippen molar-refractivity contribution in [3.05, 3.63) is 33.1 Å². The molecule has 0 radical (unpaired) electrons. The molecule has 25 heavy (non-hydrogen) atoms. The second-order valence-electron chi connectivity index (χ2n) is 5.65. The third-order valence-electron chi connectivity index (χ3n) is 4.18. The van der Waals surface area contributed by atoms with Gasteiger partial charge in [0.05, 0.1) is 5.75 Å². The molecule has 1 aromatic rings. The SMILES string of the molecule is CO[C@@H]([C@@H](OC)n1ccc(=O)[nH]c1=O)[C@@H](CN1CCCS1(=O)=O)OC. The van der Waals surface area contributed by atoms with Crippen LogP contribution in [0.3, 0.4) is 0 Å². The summed E-state index contributed by atoms with van der Waals surface area (Å²) >= 11 is 0. The van der Waals surface area contributed by atoms with Gasteiger partial charge in [0, 0.05) is 46.7 Å². The highest BCUT2D eigenvalue weighted by Gasteiger charge is 2.37. The van der Waals surface area contributed by atoms with E-state index in [2.05, 4.69) is 4.98 Å². The quantitative estimate of drug-likeness (QED) is 0.601. The van der Waals surface area contributed by atoms with Crippen LogP contribution >= 0.6 is 0 Å². The number of hydrogen-bond donors (Lipinski definition) is 1. The monoisotopic (exact) mass is 377 g/mol. The van der Waals surface area contributed by atoms with Crippen molar-refractivity contribution in [2.45, 2.75) is 24.9 Å². The number of hydrogen-bond acceptors (Lipinski definition) is 7. The Morgan fingerprint density at radius 2 is 1.92 bits per heavy atom. The molecule has 142 valence electrons. The summed E-state index contributed by atoms with van der Waals surface area (Å²) in [6, 6.07) is 1.19. The number of methoxy groups -OCH3 is 3. The molecule has 0 saturated carbocycles. The molecule has 0 amide bonds. The van der Waals surface area contributed by atoms with Crippen molar-refractivity contribution < 1.29 is 22.6 Å². The van der Waals surface area contributed by atoms with Crippen LogP contribution in [0.25, 0.3) is 0 Å². The van der Waals surface area contributed by atoms with E-state index in [-0.39, 0.29) is 12.3 Å². The van der Waals surface area contributed by atoms with Crippen LogP contribution in [0.4, 0.5) is 0 Å². The summed E-state index contributed by atoms with van der Waals surface area (Å²) in [4.78, 5) is 25.4. The number of aromatic amines is 1. The Kier molecular flexibility index (Phi) is 6.52. The number of nitrogens with zero attached hydrogens (tertiary/aromatic N) is 2. The zero-order valence-electron chi connectivity index (χ0n) is 14.4. The molecule has 1 aliphatic rings. The van der Waals surface area contributed by atoms with Crippen LogP contribution < -0.4 is 11.2 Å². The van der Waals surface area contributed by atoms with Gasteiger partial charge in [-0.15, -0.1) is 0 Å². The molecule has 1 saturated heterocycles. The Labute approximate surface area is 145 Å². The first-order valence-corrected chi connectivity index (χ1v) is 9.32. The van der Waals surface area contributed by atoms with Gasteiger partial charge in [0.1, 0.15) is 12.2 Å². The van der Waals surface area contributed by atoms with Crippen LogP contribution in [-0.4, -0.2) is 74.7 Å². The lowest BCUT2D eigenvalue weighted by Gasteiger charge is -2.33. The first-order valence-electron chi connectivity index (χ1n) is 7.71. The van der Waals surface area contributed by atoms with Crippen LogP contribution in [0.2, 0.25) is 0 Å². The smallest absolute Gasteiger partial charge is 0.330 e. The molecule has 1 aromatic heterocycles. The average molecular weight is 377 g/mol. The summed E-state index contributed by atoms with van der Waals surface area (Å²) < 4.78 is 42.8. The lowest BCUT2D eigenvalue weighted by atomic mass is 10.1. The summed E-state index contributed by atoms with van der Waals surface area (Å²) in [5.74, 6) is 0.105. The molecule has 1 fully saturated rings. The van der Waals surface area contributed by atoms with E-state index < -0.39 is 39.7 Å². The van der Waals surface area contributed by atoms with Gasteiger partial charge in [0.15, 0.2) is 6.23 Å². The van der Waals surface area contributed by atoms with Gasteiger partial charge in [-0.3, -0.25) is 14.3 Å². The summed E-state index contributed by atoms with van der Waals surface area (Å²) in [7, 11) is 0.925. The lowest BCUT2D eigenvalue weighted by molar-refractivity contribution is -0.138. The van der Waals surface area contributed by atoms with Gasteiger partial charge in [-0.05, 0) is 6.42 Å². The Morgan fingerprint density at radius 1 is 1.20 bits per heavy atom. The van der Waals surface area contributed by atoms with Gasteiger partial charge in [0.25, 0.3) is 5.56 Å². The molecule has 2 heterocycles. The summed E-state index contributed by atoms with van der Waals surface area (Å²) in [6.07, 6.45) is -0.523. The van der Waals surface area contributed by atoms with Gasteiger partial charge in [-0.1, -0.05) is 0 Å². The standard InChI is InChI=1S/C14H23N3O7S/c1-22-10(9-16-6-4-8-25(16,20)21)12(23-2)13(24-3)17-7-5-11(18)15-14(17)19/h5,7,10,12-13H,4,6,8-9H2,1-3H3,(H,15,18,19)/t10-,12-,13-/m1/s1. The van der Waals surface area contributed by atoms with E-state index in [1.54, 1.807) is 0 Å². The van der Waals surface area contributed by atoms with E-state index in [9.17, 15) is 18.0 Å². The van der Waals surface area contributed by atoms with Crippen molar-refractivity contribution in [1.29, 1.82) is 0 Å². The third kappa shape index (κ3) is 4.36. The molecule has 3 atom stereocenters. The maximum atomic E-state index is 12.0. The van der Waals surface area contributed by atoms with Gasteiger partial charge >= 0.3 is 5.69 Å². The first-order chi connectivity index (χ1) is 11.8. The van der Waals surface area contributed by atoms with Crippen LogP contribution in [0.1, 0.15) is 12.6 Å². The van der Waals surface area contributed by atoms with E-state index in [4.69, 9.17) is 14.2 Å². The molecule has 1 N–H and O–H groups in total. The van der Waals surface area contributed by atoms with E-state index in [0.717, 1.165) is 0 Å². The third-order valence-corrected chi connectivity index (χ3v) is 6.10. The Bertz CT molecular complexity index is 788. The fraction of sp³-hybridized carbons (Fsp3) is 0.714. The summed E-state index contributed by atoms with van der Waals surface area (Å²) in [5, 5.41) is 0. The van der Waals surface area contributed by atoms with E-state index in [1.165, 1.54) is 42.5 Å². The predicted octanol–water partition coefficient (Wildman–Crippen LogP) is -1.25. The number of nitrogens with one attached hydrogen (secondary N) is 1. The predicted molar refractivity (Wildman–Crippen MR) is 88.9 cm³/mol. The highest BCUT2D eigenvalue weighted by molar-refractivity contribution is 7.89. The van der Waals surface area contributed by atoms with Crippen molar-refractivity contribution in [3.63, 3.8) is 0 Å². The molecule has 0 spiro atoms. The highest BCUT2D eigenvalue weighted by atomic mass is 32.2. The fourth-order valence-corrected chi connectivity index (χ4v) is 4.43. The number of rotatable bonds is 8. The molecule has 0 unspecified atom stereocenters. The molecule has 0 aliphatic carbocycles. The highest BCUT2D eigenvalue weighted by Crippen LogP contribution is 2.22. The average Bonchev–Trinajstić information content (AvgIpc) is 2.90. The van der Waals surface area contributed by atoms with Gasteiger partial charge < -0.3 is 14.2 Å². The zero-order chi connectivity index (χ0) is 18.6. The lowest BCUT2D eigenvalue weighted by Crippen LogP contribution is -2.48. The number of sulfonamides is 1. The van der Waals surface area contributed by atoms with Crippen molar-refractivity contribution >= 4 is 10.0 Å². The van der Waals surface area contributed by atoms with E-state index in [0.29, 0.717) is 13.0 Å². The minimum Gasteiger partial charge on any atom is -0.377 e. The Morgan fingerprint density at radius 3 is 2.40 bits per heavy atom. The number of H-pyrrole nitrogens is 1. The van der Waals surface area contributed by atoms with Crippen LogP contribution in [0.15, 0.2) is 21.9 Å². The molecular formula is C14H23N3O7S. The maximum Gasteiger partial charge on any atom is 0.330 e. The largest absolute Gasteiger partial charge is 0.377 e. The van der Waals surface area contributed by atoms with Crippen molar-refractivity contribution in [1.82, 2.24) is 13.9 Å². The van der Waals surface area contributed by atoms with Gasteiger partial charge in [-0.25, -0.2) is 13.2 Å². The van der Waals surface area contributed by atoms with E-state index in [1.807, 2.05) is 0 Å². The van der Waals surface area contributed by atoms with Crippen LogP contribution in [-0.2, 0) is 24.2 Å². The second kappa shape index (κ2) is 8.23. The zero-order valence-corrected chi connectivity index (χ0v) is 15.2. The summed E-state index contributed by atoms with van der Waals surface area (Å²) in [6.45, 7) is 0.490. The molecular weight excluding hydrogens is 354 g/mol. The minimum atomic E-state index is -3.30. The fourth-order valence-electron chi connectivity index (χ4n) is 2.90. The second-order valence-corrected chi connectivity index (χ2v) is 7.73. The summed E-state index contributed by atoms with van der Waals surface area (Å²) in [5.41, 5.74) is -1.19.